The third kappa shape index (κ3) is 5.47. The van der Waals surface area contributed by atoms with E-state index in [1.54, 1.807) is 13.8 Å². The summed E-state index contributed by atoms with van der Waals surface area (Å²) in [5, 5.41) is 10.8. The Balaban J connectivity index is 2.58. The summed E-state index contributed by atoms with van der Waals surface area (Å²) >= 11 is 0. The summed E-state index contributed by atoms with van der Waals surface area (Å²) < 4.78 is 18.1. The maximum atomic E-state index is 13.1. The van der Waals surface area contributed by atoms with E-state index in [-0.39, 0.29) is 18.2 Å². The van der Waals surface area contributed by atoms with Gasteiger partial charge in [-0.15, -0.1) is 0 Å². The Kier molecular flexibility index (Phi) is 6.23. The molecule has 0 saturated carbocycles. The van der Waals surface area contributed by atoms with Gasteiger partial charge in [-0.05, 0) is 45.2 Å². The van der Waals surface area contributed by atoms with Gasteiger partial charge in [-0.2, -0.15) is 0 Å². The summed E-state index contributed by atoms with van der Waals surface area (Å²) in [4.78, 5) is 21.8. The predicted octanol–water partition coefficient (Wildman–Crippen LogP) is 2.34. The number of halogens is 1. The molecule has 1 aromatic carbocycles. The van der Waals surface area contributed by atoms with E-state index in [9.17, 15) is 19.3 Å². The van der Waals surface area contributed by atoms with E-state index >= 15 is 0 Å². The molecule has 0 fully saturated rings. The van der Waals surface area contributed by atoms with Gasteiger partial charge in [-0.3, -0.25) is 14.9 Å². The zero-order valence-electron chi connectivity index (χ0n) is 12.0. The third-order valence-electron chi connectivity index (χ3n) is 2.85. The van der Waals surface area contributed by atoms with E-state index in [0.717, 1.165) is 18.2 Å². The van der Waals surface area contributed by atoms with Crippen LogP contribution in [0.25, 0.3) is 0 Å². The fourth-order valence-electron chi connectivity index (χ4n) is 1.88. The smallest absolute Gasteiger partial charge is 0.323 e. The first-order chi connectivity index (χ1) is 9.81. The van der Waals surface area contributed by atoms with Crippen molar-refractivity contribution in [1.29, 1.82) is 0 Å². The molecule has 1 rings (SSSR count). The van der Waals surface area contributed by atoms with Crippen LogP contribution in [-0.2, 0) is 16.0 Å². The molecule has 0 amide bonds. The van der Waals surface area contributed by atoms with Crippen molar-refractivity contribution in [2.45, 2.75) is 45.3 Å². The van der Waals surface area contributed by atoms with Crippen molar-refractivity contribution in [1.82, 2.24) is 0 Å². The Hall–Kier alpha value is -2.02. The topological polar surface area (TPSA) is 95.5 Å². The number of nitro benzene ring substituents is 1. The van der Waals surface area contributed by atoms with Gasteiger partial charge in [-0.25, -0.2) is 4.39 Å². The van der Waals surface area contributed by atoms with Gasteiger partial charge in [0.25, 0.3) is 5.69 Å². The van der Waals surface area contributed by atoms with E-state index in [1.807, 2.05) is 0 Å². The molecular formula is C14H19FN2O4. The third-order valence-corrected chi connectivity index (χ3v) is 2.85. The van der Waals surface area contributed by atoms with Crippen molar-refractivity contribution in [3.05, 3.63) is 39.7 Å². The summed E-state index contributed by atoms with van der Waals surface area (Å²) in [5.41, 5.74) is 5.84. The number of hydrogen-bond acceptors (Lipinski definition) is 5. The minimum atomic E-state index is -0.778. The quantitative estimate of drug-likeness (QED) is 0.473. The molecule has 0 radical (unpaired) electrons. The molecule has 0 spiro atoms. The second kappa shape index (κ2) is 7.68. The number of nitrogens with two attached hydrogens (primary N) is 1. The molecule has 116 valence electrons. The van der Waals surface area contributed by atoms with Crippen LogP contribution in [0.3, 0.4) is 0 Å². The van der Waals surface area contributed by atoms with Crippen LogP contribution in [0.5, 0.6) is 0 Å². The lowest BCUT2D eigenvalue weighted by atomic mass is 10.0. The van der Waals surface area contributed by atoms with Crippen LogP contribution in [0.1, 0.15) is 32.3 Å². The normalized spacial score (nSPS) is 12.2. The minimum Gasteiger partial charge on any atom is -0.462 e. The number of hydrogen-bond donors (Lipinski definition) is 1. The molecule has 0 bridgehead atoms. The van der Waals surface area contributed by atoms with E-state index in [1.165, 1.54) is 0 Å². The van der Waals surface area contributed by atoms with Crippen LogP contribution in [0.2, 0.25) is 0 Å². The molecule has 0 aliphatic rings. The van der Waals surface area contributed by atoms with Crippen LogP contribution in [0.15, 0.2) is 18.2 Å². The summed E-state index contributed by atoms with van der Waals surface area (Å²) in [6.07, 6.45) is 0.780. The number of ether oxygens (including phenoxy) is 1. The highest BCUT2D eigenvalue weighted by atomic mass is 19.1. The van der Waals surface area contributed by atoms with Crippen LogP contribution in [-0.4, -0.2) is 23.0 Å². The highest BCUT2D eigenvalue weighted by Crippen LogP contribution is 2.21. The van der Waals surface area contributed by atoms with Crippen molar-refractivity contribution < 1.29 is 18.8 Å². The van der Waals surface area contributed by atoms with Gasteiger partial charge >= 0.3 is 5.97 Å². The number of carbonyl (C=O) groups excluding carboxylic acids is 1. The fourth-order valence-corrected chi connectivity index (χ4v) is 1.88. The highest BCUT2D eigenvalue weighted by molar-refractivity contribution is 5.75. The summed E-state index contributed by atoms with van der Waals surface area (Å²) in [6.45, 7) is 3.45. The maximum Gasteiger partial charge on any atom is 0.323 e. The second-order valence-corrected chi connectivity index (χ2v) is 5.01. The number of benzene rings is 1. The van der Waals surface area contributed by atoms with Crippen molar-refractivity contribution >= 4 is 11.7 Å². The molecule has 0 saturated heterocycles. The number of nitrogens with zero attached hydrogens (tertiary/aromatic N) is 1. The van der Waals surface area contributed by atoms with E-state index in [2.05, 4.69) is 0 Å². The van der Waals surface area contributed by atoms with E-state index < -0.39 is 22.8 Å². The van der Waals surface area contributed by atoms with Gasteiger partial charge < -0.3 is 10.5 Å². The lowest BCUT2D eigenvalue weighted by Crippen LogP contribution is -2.33. The number of rotatable bonds is 7. The molecule has 2 N–H and O–H groups in total. The Morgan fingerprint density at radius 2 is 2.14 bits per heavy atom. The first-order valence-electron chi connectivity index (χ1n) is 6.70. The highest BCUT2D eigenvalue weighted by Gasteiger charge is 2.18. The summed E-state index contributed by atoms with van der Waals surface area (Å²) in [7, 11) is 0. The van der Waals surface area contributed by atoms with E-state index in [4.69, 9.17) is 10.5 Å². The van der Waals surface area contributed by atoms with Gasteiger partial charge in [0, 0.05) is 11.6 Å². The Bertz CT molecular complexity index is 520. The van der Waals surface area contributed by atoms with Gasteiger partial charge in [0.1, 0.15) is 11.9 Å². The summed E-state index contributed by atoms with van der Waals surface area (Å²) in [6, 6.07) is 2.54. The Morgan fingerprint density at radius 1 is 1.48 bits per heavy atom. The average molecular weight is 298 g/mol. The monoisotopic (exact) mass is 298 g/mol. The molecule has 0 heterocycles. The molecular weight excluding hydrogens is 279 g/mol. The van der Waals surface area contributed by atoms with Crippen LogP contribution in [0.4, 0.5) is 10.1 Å². The largest absolute Gasteiger partial charge is 0.462 e. The van der Waals surface area contributed by atoms with Crippen molar-refractivity contribution in [3.63, 3.8) is 0 Å². The van der Waals surface area contributed by atoms with Gasteiger partial charge in [0.05, 0.1) is 11.0 Å². The molecule has 0 aliphatic heterocycles. The molecule has 0 aliphatic carbocycles. The number of esters is 1. The van der Waals surface area contributed by atoms with Crippen molar-refractivity contribution in [3.8, 4) is 0 Å². The minimum absolute atomic E-state index is 0.130. The SMILES string of the molecule is CC(C)OC(=O)C(N)CCCc1cc(F)ccc1[N+](=O)[O-]. The predicted molar refractivity (Wildman–Crippen MR) is 75.2 cm³/mol. The van der Waals surface area contributed by atoms with Crippen LogP contribution >= 0.6 is 0 Å². The standard InChI is InChI=1S/C14H19FN2O4/c1-9(2)21-14(18)12(16)5-3-4-10-8-11(15)6-7-13(10)17(19)20/h6-9,12H,3-5,16H2,1-2H3. The molecule has 1 atom stereocenters. The molecule has 7 heteroatoms. The molecule has 0 aromatic heterocycles. The van der Waals surface area contributed by atoms with Crippen LogP contribution < -0.4 is 5.73 Å². The Labute approximate surface area is 122 Å². The van der Waals surface area contributed by atoms with Crippen molar-refractivity contribution in [2.24, 2.45) is 5.73 Å². The lowest BCUT2D eigenvalue weighted by Gasteiger charge is -2.13. The fraction of sp³-hybridized carbons (Fsp3) is 0.500. The number of aryl methyl sites for hydroxylation is 1. The second-order valence-electron chi connectivity index (χ2n) is 5.01. The van der Waals surface area contributed by atoms with Gasteiger partial charge in [0.2, 0.25) is 0 Å². The van der Waals surface area contributed by atoms with Crippen molar-refractivity contribution in [2.75, 3.05) is 0 Å². The zero-order chi connectivity index (χ0) is 16.0. The maximum absolute atomic E-state index is 13.1. The molecule has 21 heavy (non-hydrogen) atoms. The van der Waals surface area contributed by atoms with Crippen LogP contribution in [0, 0.1) is 15.9 Å². The molecule has 1 aromatic rings. The first-order valence-corrected chi connectivity index (χ1v) is 6.70. The lowest BCUT2D eigenvalue weighted by molar-refractivity contribution is -0.385. The average Bonchev–Trinajstić information content (AvgIpc) is 2.37. The Morgan fingerprint density at radius 3 is 2.71 bits per heavy atom. The van der Waals surface area contributed by atoms with Gasteiger partial charge in [0.15, 0.2) is 0 Å². The number of nitro groups is 1. The van der Waals surface area contributed by atoms with Gasteiger partial charge in [-0.1, -0.05) is 0 Å². The summed E-state index contributed by atoms with van der Waals surface area (Å²) in [5.74, 6) is -1.03. The molecule has 6 nitrogen and oxygen atoms in total. The zero-order valence-corrected chi connectivity index (χ0v) is 12.0. The molecule has 1 unspecified atom stereocenters. The first kappa shape index (κ1) is 17.0. The number of carbonyl (C=O) groups is 1. The van der Waals surface area contributed by atoms with E-state index in [0.29, 0.717) is 18.4 Å².